The monoisotopic (exact) mass is 221 g/mol. The van der Waals surface area contributed by atoms with E-state index in [1.54, 1.807) is 6.33 Å². The molecular formula is C12H19N3O. The van der Waals surface area contributed by atoms with Crippen molar-refractivity contribution in [3.8, 4) is 0 Å². The van der Waals surface area contributed by atoms with Gasteiger partial charge in [0.15, 0.2) is 0 Å². The first kappa shape index (κ1) is 11.3. The number of nitrogens with zero attached hydrogens (tertiary/aromatic N) is 2. The summed E-state index contributed by atoms with van der Waals surface area (Å²) in [6.45, 7) is 5.97. The van der Waals surface area contributed by atoms with Crippen LogP contribution in [-0.2, 0) is 4.74 Å². The maximum absolute atomic E-state index is 5.37. The molecule has 1 aliphatic rings. The molecule has 0 aromatic carbocycles. The van der Waals surface area contributed by atoms with Gasteiger partial charge in [0.2, 0.25) is 0 Å². The summed E-state index contributed by atoms with van der Waals surface area (Å²) in [4.78, 5) is 8.31. The molecule has 1 aliphatic heterocycles. The number of aromatic nitrogens is 2. The number of nitrogens with one attached hydrogen (secondary N) is 1. The molecule has 1 aromatic heterocycles. The largest absolute Gasteiger partial charge is 0.381 e. The average molecular weight is 221 g/mol. The molecule has 4 nitrogen and oxygen atoms in total. The highest BCUT2D eigenvalue weighted by Gasteiger charge is 2.20. The zero-order valence-corrected chi connectivity index (χ0v) is 9.94. The molecule has 1 aromatic rings. The van der Waals surface area contributed by atoms with E-state index in [0.717, 1.165) is 37.6 Å². The molecule has 4 heteroatoms. The molecule has 1 saturated heterocycles. The first-order valence-corrected chi connectivity index (χ1v) is 5.88. The summed E-state index contributed by atoms with van der Waals surface area (Å²) in [6, 6.07) is 2.42. The molecule has 88 valence electrons. The third kappa shape index (κ3) is 2.92. The minimum absolute atomic E-state index is 0.443. The summed E-state index contributed by atoms with van der Waals surface area (Å²) in [7, 11) is 0. The lowest BCUT2D eigenvalue weighted by Gasteiger charge is -2.28. The molecule has 1 fully saturated rings. The molecule has 1 unspecified atom stereocenters. The Morgan fingerprint density at radius 2 is 2.12 bits per heavy atom. The zero-order chi connectivity index (χ0) is 11.4. The highest BCUT2D eigenvalue weighted by Crippen LogP contribution is 2.21. The highest BCUT2D eigenvalue weighted by molar-refractivity contribution is 5.35. The van der Waals surface area contributed by atoms with Crippen LogP contribution < -0.4 is 5.32 Å². The topological polar surface area (TPSA) is 47.0 Å². The van der Waals surface area contributed by atoms with Crippen molar-refractivity contribution in [2.24, 2.45) is 5.92 Å². The SMILES string of the molecule is Cc1cc(NC(C)C2CCOCC2)ncn1. The van der Waals surface area contributed by atoms with Crippen LogP contribution in [0.1, 0.15) is 25.5 Å². The van der Waals surface area contributed by atoms with E-state index in [0.29, 0.717) is 12.0 Å². The van der Waals surface area contributed by atoms with Gasteiger partial charge >= 0.3 is 0 Å². The number of anilines is 1. The zero-order valence-electron chi connectivity index (χ0n) is 9.94. The van der Waals surface area contributed by atoms with Crippen molar-refractivity contribution in [3.05, 3.63) is 18.1 Å². The maximum atomic E-state index is 5.37. The number of hydrogen-bond donors (Lipinski definition) is 1. The van der Waals surface area contributed by atoms with E-state index in [1.165, 1.54) is 0 Å². The number of ether oxygens (including phenoxy) is 1. The van der Waals surface area contributed by atoms with E-state index in [9.17, 15) is 0 Å². The van der Waals surface area contributed by atoms with Gasteiger partial charge in [-0.2, -0.15) is 0 Å². The summed E-state index contributed by atoms with van der Waals surface area (Å²) in [6.07, 6.45) is 3.88. The van der Waals surface area contributed by atoms with Gasteiger partial charge in [-0.3, -0.25) is 0 Å². The average Bonchev–Trinajstić information content (AvgIpc) is 2.30. The number of aryl methyl sites for hydroxylation is 1. The summed E-state index contributed by atoms with van der Waals surface area (Å²) in [5.41, 5.74) is 0.997. The summed E-state index contributed by atoms with van der Waals surface area (Å²) in [5, 5.41) is 3.45. The van der Waals surface area contributed by atoms with E-state index >= 15 is 0 Å². The fraction of sp³-hybridized carbons (Fsp3) is 0.667. The second-order valence-corrected chi connectivity index (χ2v) is 4.43. The lowest BCUT2D eigenvalue weighted by molar-refractivity contribution is 0.0622. The molecule has 1 atom stereocenters. The molecule has 0 bridgehead atoms. The molecular weight excluding hydrogens is 202 g/mol. The summed E-state index contributed by atoms with van der Waals surface area (Å²) >= 11 is 0. The van der Waals surface area contributed by atoms with E-state index in [2.05, 4.69) is 22.2 Å². The van der Waals surface area contributed by atoms with Crippen molar-refractivity contribution < 1.29 is 4.74 Å². The molecule has 2 heterocycles. The molecule has 0 aliphatic carbocycles. The van der Waals surface area contributed by atoms with Crippen LogP contribution >= 0.6 is 0 Å². The minimum Gasteiger partial charge on any atom is -0.381 e. The van der Waals surface area contributed by atoms with Gasteiger partial charge in [0.25, 0.3) is 0 Å². The summed E-state index contributed by atoms with van der Waals surface area (Å²) < 4.78 is 5.37. The van der Waals surface area contributed by atoms with E-state index < -0.39 is 0 Å². The first-order valence-electron chi connectivity index (χ1n) is 5.88. The van der Waals surface area contributed by atoms with Gasteiger partial charge in [-0.1, -0.05) is 0 Å². The van der Waals surface area contributed by atoms with Gasteiger partial charge in [0.1, 0.15) is 12.1 Å². The van der Waals surface area contributed by atoms with Gasteiger partial charge in [-0.25, -0.2) is 9.97 Å². The molecule has 0 saturated carbocycles. The van der Waals surface area contributed by atoms with E-state index in [-0.39, 0.29) is 0 Å². The van der Waals surface area contributed by atoms with Crippen LogP contribution in [0.25, 0.3) is 0 Å². The Morgan fingerprint density at radius 3 is 2.81 bits per heavy atom. The van der Waals surface area contributed by atoms with Gasteiger partial charge in [0.05, 0.1) is 0 Å². The van der Waals surface area contributed by atoms with Gasteiger partial charge in [0, 0.05) is 31.0 Å². The van der Waals surface area contributed by atoms with Crippen LogP contribution in [0.2, 0.25) is 0 Å². The van der Waals surface area contributed by atoms with Gasteiger partial charge in [-0.05, 0) is 32.6 Å². The molecule has 0 amide bonds. The first-order chi connectivity index (χ1) is 7.75. The Morgan fingerprint density at radius 1 is 1.38 bits per heavy atom. The Balaban J connectivity index is 1.93. The second kappa shape index (κ2) is 5.25. The Labute approximate surface area is 96.4 Å². The van der Waals surface area contributed by atoms with Gasteiger partial charge in [-0.15, -0.1) is 0 Å². The normalized spacial score (nSPS) is 19.4. The van der Waals surface area contributed by atoms with Crippen molar-refractivity contribution >= 4 is 5.82 Å². The van der Waals surface area contributed by atoms with Crippen LogP contribution in [0.3, 0.4) is 0 Å². The van der Waals surface area contributed by atoms with Crippen molar-refractivity contribution in [1.82, 2.24) is 9.97 Å². The third-order valence-electron chi connectivity index (χ3n) is 3.15. The van der Waals surface area contributed by atoms with Crippen LogP contribution in [0, 0.1) is 12.8 Å². The smallest absolute Gasteiger partial charge is 0.129 e. The third-order valence-corrected chi connectivity index (χ3v) is 3.15. The predicted octanol–water partition coefficient (Wildman–Crippen LogP) is 2.01. The summed E-state index contributed by atoms with van der Waals surface area (Å²) in [5.74, 6) is 1.61. The van der Waals surface area contributed by atoms with Crippen molar-refractivity contribution in [1.29, 1.82) is 0 Å². The van der Waals surface area contributed by atoms with Crippen molar-refractivity contribution in [3.63, 3.8) is 0 Å². The predicted molar refractivity (Wildman–Crippen MR) is 63.4 cm³/mol. The quantitative estimate of drug-likeness (QED) is 0.848. The Bertz CT molecular complexity index is 337. The van der Waals surface area contributed by atoms with Crippen molar-refractivity contribution in [2.75, 3.05) is 18.5 Å². The molecule has 0 radical (unpaired) electrons. The fourth-order valence-electron chi connectivity index (χ4n) is 2.10. The van der Waals surface area contributed by atoms with Crippen LogP contribution in [0.4, 0.5) is 5.82 Å². The molecule has 1 N–H and O–H groups in total. The second-order valence-electron chi connectivity index (χ2n) is 4.43. The lowest BCUT2D eigenvalue weighted by Crippen LogP contribution is -2.31. The lowest BCUT2D eigenvalue weighted by atomic mass is 9.93. The fourth-order valence-corrected chi connectivity index (χ4v) is 2.10. The maximum Gasteiger partial charge on any atom is 0.129 e. The van der Waals surface area contributed by atoms with E-state index in [4.69, 9.17) is 4.74 Å². The van der Waals surface area contributed by atoms with Crippen LogP contribution in [0.5, 0.6) is 0 Å². The Kier molecular flexibility index (Phi) is 3.72. The minimum atomic E-state index is 0.443. The standard InChI is InChI=1S/C12H19N3O/c1-9-7-12(14-8-13-9)15-10(2)11-3-5-16-6-4-11/h7-8,10-11H,3-6H2,1-2H3,(H,13,14,15). The highest BCUT2D eigenvalue weighted by atomic mass is 16.5. The van der Waals surface area contributed by atoms with Crippen LogP contribution in [-0.4, -0.2) is 29.2 Å². The van der Waals surface area contributed by atoms with E-state index in [1.807, 2.05) is 13.0 Å². The van der Waals surface area contributed by atoms with Gasteiger partial charge < -0.3 is 10.1 Å². The Hall–Kier alpha value is -1.16. The number of hydrogen-bond acceptors (Lipinski definition) is 4. The van der Waals surface area contributed by atoms with Crippen molar-refractivity contribution in [2.45, 2.75) is 32.7 Å². The molecule has 2 rings (SSSR count). The number of rotatable bonds is 3. The van der Waals surface area contributed by atoms with Crippen LogP contribution in [0.15, 0.2) is 12.4 Å². The molecule has 0 spiro atoms. The molecule has 16 heavy (non-hydrogen) atoms.